The second-order valence-electron chi connectivity index (χ2n) is 6.55. The lowest BCUT2D eigenvalue weighted by molar-refractivity contribution is 0.102. The van der Waals surface area contributed by atoms with Crippen molar-refractivity contribution in [3.05, 3.63) is 48.4 Å². The van der Waals surface area contributed by atoms with E-state index in [0.29, 0.717) is 6.10 Å². The average Bonchev–Trinajstić information content (AvgIpc) is 3.24. The Bertz CT molecular complexity index is 798. The first-order valence-corrected chi connectivity index (χ1v) is 8.71. The first kappa shape index (κ1) is 15.3. The largest absolute Gasteiger partial charge is 0.490 e. The van der Waals surface area contributed by atoms with Crippen molar-refractivity contribution in [1.82, 2.24) is 19.7 Å². The highest BCUT2D eigenvalue weighted by molar-refractivity contribution is 5.85. The highest BCUT2D eigenvalue weighted by atomic mass is 16.5. The van der Waals surface area contributed by atoms with E-state index in [9.17, 15) is 0 Å². The molecule has 1 N–H and O–H groups in total. The lowest BCUT2D eigenvalue weighted by Gasteiger charge is -2.32. The van der Waals surface area contributed by atoms with Crippen molar-refractivity contribution in [2.45, 2.75) is 25.4 Å². The number of ether oxygens (including phenoxy) is 1. The molecule has 126 valence electrons. The molecule has 3 aromatic rings. The molecule has 1 aliphatic heterocycles. The van der Waals surface area contributed by atoms with Gasteiger partial charge in [0.1, 0.15) is 11.9 Å². The smallest absolute Gasteiger partial charge is 0.129 e. The van der Waals surface area contributed by atoms with Gasteiger partial charge >= 0.3 is 0 Å². The van der Waals surface area contributed by atoms with Crippen LogP contribution in [0.4, 0.5) is 0 Å². The van der Waals surface area contributed by atoms with Crippen LogP contribution in [-0.2, 0) is 13.5 Å². The zero-order valence-corrected chi connectivity index (χ0v) is 14.1. The predicted octanol–water partition coefficient (Wildman–Crippen LogP) is 2.99. The average molecular weight is 324 g/mol. The number of H-pyrrole nitrogens is 1. The molecule has 24 heavy (non-hydrogen) atoms. The van der Waals surface area contributed by atoms with Crippen LogP contribution >= 0.6 is 0 Å². The summed E-state index contributed by atoms with van der Waals surface area (Å²) < 4.78 is 8.25. The lowest BCUT2D eigenvalue weighted by atomic mass is 10.1. The Morgan fingerprint density at radius 1 is 1.21 bits per heavy atom. The molecule has 1 aromatic carbocycles. The SMILES string of the molecule is Cn1nccc1CCN1CCC(Oc2cccc3[nH]ccc23)CC1. The first-order chi connectivity index (χ1) is 11.8. The fraction of sp³-hybridized carbons (Fsp3) is 0.421. The Labute approximate surface area is 142 Å². The molecule has 0 amide bonds. The lowest BCUT2D eigenvalue weighted by Crippen LogP contribution is -2.39. The van der Waals surface area contributed by atoms with Crippen LogP contribution in [0, 0.1) is 0 Å². The highest BCUT2D eigenvalue weighted by Gasteiger charge is 2.21. The van der Waals surface area contributed by atoms with Crippen molar-refractivity contribution in [3.8, 4) is 5.75 Å². The van der Waals surface area contributed by atoms with Gasteiger partial charge in [-0.25, -0.2) is 0 Å². The maximum absolute atomic E-state index is 6.28. The monoisotopic (exact) mass is 324 g/mol. The molecule has 0 atom stereocenters. The summed E-state index contributed by atoms with van der Waals surface area (Å²) in [7, 11) is 2.01. The van der Waals surface area contributed by atoms with Crippen LogP contribution in [0.15, 0.2) is 42.7 Å². The summed E-state index contributed by atoms with van der Waals surface area (Å²) in [6.45, 7) is 3.30. The maximum Gasteiger partial charge on any atom is 0.129 e. The third-order valence-corrected chi connectivity index (χ3v) is 4.99. The van der Waals surface area contributed by atoms with Gasteiger partial charge in [-0.3, -0.25) is 4.68 Å². The quantitative estimate of drug-likeness (QED) is 0.785. The Balaban J connectivity index is 1.30. The number of benzene rings is 1. The Morgan fingerprint density at radius 3 is 2.88 bits per heavy atom. The van der Waals surface area contributed by atoms with Gasteiger partial charge in [-0.1, -0.05) is 6.07 Å². The van der Waals surface area contributed by atoms with E-state index in [0.717, 1.165) is 50.2 Å². The van der Waals surface area contributed by atoms with E-state index < -0.39 is 0 Å². The number of aromatic nitrogens is 3. The van der Waals surface area contributed by atoms with Crippen LogP contribution in [-0.4, -0.2) is 45.4 Å². The number of nitrogens with zero attached hydrogens (tertiary/aromatic N) is 3. The second-order valence-corrected chi connectivity index (χ2v) is 6.55. The van der Waals surface area contributed by atoms with E-state index in [-0.39, 0.29) is 0 Å². The van der Waals surface area contributed by atoms with E-state index >= 15 is 0 Å². The standard InChI is InChI=1S/C19H24N4O/c1-22-15(5-11-21-22)7-12-23-13-8-16(9-14-23)24-19-4-2-3-18-17(19)6-10-20-18/h2-6,10-11,16,20H,7-9,12-14H2,1H3. The summed E-state index contributed by atoms with van der Waals surface area (Å²) in [4.78, 5) is 5.78. The summed E-state index contributed by atoms with van der Waals surface area (Å²) in [6, 6.07) is 10.4. The number of aromatic amines is 1. The van der Waals surface area contributed by atoms with Crippen molar-refractivity contribution >= 4 is 10.9 Å². The van der Waals surface area contributed by atoms with Crippen molar-refractivity contribution in [2.24, 2.45) is 7.05 Å². The van der Waals surface area contributed by atoms with E-state index in [1.165, 1.54) is 11.1 Å². The molecule has 0 spiro atoms. The Morgan fingerprint density at radius 2 is 2.08 bits per heavy atom. The van der Waals surface area contributed by atoms with Crippen molar-refractivity contribution in [2.75, 3.05) is 19.6 Å². The number of likely N-dealkylation sites (tertiary alicyclic amines) is 1. The van der Waals surface area contributed by atoms with Gasteiger partial charge in [0.2, 0.25) is 0 Å². The summed E-state index contributed by atoms with van der Waals surface area (Å²) in [5.41, 5.74) is 2.44. The molecular formula is C19H24N4O. The van der Waals surface area contributed by atoms with Crippen LogP contribution in [0.5, 0.6) is 5.75 Å². The van der Waals surface area contributed by atoms with Gasteiger partial charge in [0.05, 0.1) is 0 Å². The van der Waals surface area contributed by atoms with Crippen LogP contribution in [0.25, 0.3) is 10.9 Å². The molecule has 0 saturated carbocycles. The maximum atomic E-state index is 6.28. The number of rotatable bonds is 5. The van der Waals surface area contributed by atoms with Gasteiger partial charge in [-0.05, 0) is 37.1 Å². The molecule has 0 radical (unpaired) electrons. The molecule has 0 bridgehead atoms. The zero-order valence-electron chi connectivity index (χ0n) is 14.1. The molecule has 1 aliphatic rings. The summed E-state index contributed by atoms with van der Waals surface area (Å²) in [6.07, 6.45) is 7.40. The summed E-state index contributed by atoms with van der Waals surface area (Å²) in [5.74, 6) is 1.00. The van der Waals surface area contributed by atoms with Crippen molar-refractivity contribution in [1.29, 1.82) is 0 Å². The molecule has 5 heteroatoms. The molecule has 1 fully saturated rings. The molecule has 3 heterocycles. The van der Waals surface area contributed by atoms with Gasteiger partial charge in [0.15, 0.2) is 0 Å². The van der Waals surface area contributed by atoms with Gasteiger partial charge in [0.25, 0.3) is 0 Å². The third-order valence-electron chi connectivity index (χ3n) is 4.99. The van der Waals surface area contributed by atoms with Crippen LogP contribution in [0.3, 0.4) is 0 Å². The Hall–Kier alpha value is -2.27. The fourth-order valence-corrected chi connectivity index (χ4v) is 3.51. The third kappa shape index (κ3) is 3.17. The minimum atomic E-state index is 0.318. The number of fused-ring (bicyclic) bond motifs is 1. The molecule has 2 aromatic heterocycles. The van der Waals surface area contributed by atoms with Crippen LogP contribution in [0.1, 0.15) is 18.5 Å². The predicted molar refractivity (Wildman–Crippen MR) is 95.3 cm³/mol. The first-order valence-electron chi connectivity index (χ1n) is 8.71. The molecule has 0 aliphatic carbocycles. The van der Waals surface area contributed by atoms with Gasteiger partial charge in [0, 0.05) is 62.1 Å². The number of aryl methyl sites for hydroxylation is 1. The number of nitrogens with one attached hydrogen (secondary N) is 1. The zero-order chi connectivity index (χ0) is 16.4. The van der Waals surface area contributed by atoms with Gasteiger partial charge in [-0.15, -0.1) is 0 Å². The van der Waals surface area contributed by atoms with Crippen molar-refractivity contribution in [3.63, 3.8) is 0 Å². The molecule has 1 saturated heterocycles. The van der Waals surface area contributed by atoms with Crippen molar-refractivity contribution < 1.29 is 4.74 Å². The number of piperidine rings is 1. The minimum Gasteiger partial charge on any atom is -0.490 e. The second kappa shape index (κ2) is 6.69. The molecule has 4 rings (SSSR count). The minimum absolute atomic E-state index is 0.318. The van der Waals surface area contributed by atoms with E-state index in [4.69, 9.17) is 4.74 Å². The highest BCUT2D eigenvalue weighted by Crippen LogP contribution is 2.27. The van der Waals surface area contributed by atoms with E-state index in [1.54, 1.807) is 0 Å². The summed E-state index contributed by atoms with van der Waals surface area (Å²) >= 11 is 0. The Kier molecular flexibility index (Phi) is 4.26. The fourth-order valence-electron chi connectivity index (χ4n) is 3.51. The van der Waals surface area contributed by atoms with Gasteiger partial charge in [-0.2, -0.15) is 5.10 Å². The number of hydrogen-bond acceptors (Lipinski definition) is 3. The number of hydrogen-bond donors (Lipinski definition) is 1. The van der Waals surface area contributed by atoms with Gasteiger partial charge < -0.3 is 14.6 Å². The topological polar surface area (TPSA) is 46.1 Å². The normalized spacial score (nSPS) is 16.7. The van der Waals surface area contributed by atoms with Crippen LogP contribution < -0.4 is 4.74 Å². The van der Waals surface area contributed by atoms with E-state index in [2.05, 4.69) is 45.3 Å². The molecule has 0 unspecified atom stereocenters. The molecule has 5 nitrogen and oxygen atoms in total. The molecular weight excluding hydrogens is 300 g/mol. The van der Waals surface area contributed by atoms with Crippen LogP contribution in [0.2, 0.25) is 0 Å². The van der Waals surface area contributed by atoms with E-state index in [1.807, 2.05) is 24.1 Å². The summed E-state index contributed by atoms with van der Waals surface area (Å²) in [5, 5.41) is 5.41.